The standard InChI is InChI=1S/C11H8Cl2N2O2/c1-17-9-5-3-2-4-8(9)15-11(16)10(13)7(12)6-14-15/h2-6H,1H3. The Hall–Kier alpha value is -1.52. The van der Waals surface area contributed by atoms with Crippen LogP contribution < -0.4 is 10.3 Å². The summed E-state index contributed by atoms with van der Waals surface area (Å²) >= 11 is 11.5. The van der Waals surface area contributed by atoms with Gasteiger partial charge in [0, 0.05) is 0 Å². The molecule has 0 radical (unpaired) electrons. The van der Waals surface area contributed by atoms with Crippen molar-refractivity contribution in [1.29, 1.82) is 0 Å². The molecule has 0 amide bonds. The van der Waals surface area contributed by atoms with Crippen LogP contribution in [0.15, 0.2) is 35.3 Å². The molecule has 0 atom stereocenters. The van der Waals surface area contributed by atoms with Crippen LogP contribution in [-0.4, -0.2) is 16.9 Å². The first-order valence-corrected chi connectivity index (χ1v) is 5.47. The van der Waals surface area contributed by atoms with E-state index in [-0.39, 0.29) is 10.0 Å². The highest BCUT2D eigenvalue weighted by Gasteiger charge is 2.11. The van der Waals surface area contributed by atoms with Gasteiger partial charge < -0.3 is 4.74 Å². The maximum atomic E-state index is 11.9. The molecular formula is C11H8Cl2N2O2. The van der Waals surface area contributed by atoms with E-state index < -0.39 is 5.56 Å². The zero-order chi connectivity index (χ0) is 12.4. The number of nitrogens with zero attached hydrogens (tertiary/aromatic N) is 2. The number of methoxy groups -OCH3 is 1. The summed E-state index contributed by atoms with van der Waals surface area (Å²) in [5.74, 6) is 0.528. The first-order chi connectivity index (χ1) is 8.15. The Labute approximate surface area is 107 Å². The third-order valence-electron chi connectivity index (χ3n) is 2.19. The maximum absolute atomic E-state index is 11.9. The van der Waals surface area contributed by atoms with Crippen LogP contribution in [-0.2, 0) is 0 Å². The van der Waals surface area contributed by atoms with Gasteiger partial charge in [-0.1, -0.05) is 35.3 Å². The van der Waals surface area contributed by atoms with E-state index in [1.807, 2.05) is 0 Å². The molecule has 1 heterocycles. The first-order valence-electron chi connectivity index (χ1n) is 4.72. The van der Waals surface area contributed by atoms with E-state index in [9.17, 15) is 4.79 Å². The molecule has 0 aliphatic rings. The third-order valence-corrected chi connectivity index (χ3v) is 2.94. The van der Waals surface area contributed by atoms with E-state index in [1.165, 1.54) is 13.3 Å². The Morgan fingerprint density at radius 1 is 1.29 bits per heavy atom. The van der Waals surface area contributed by atoms with Crippen molar-refractivity contribution < 1.29 is 4.74 Å². The molecule has 88 valence electrons. The number of para-hydroxylation sites is 2. The molecule has 17 heavy (non-hydrogen) atoms. The fourth-order valence-electron chi connectivity index (χ4n) is 1.39. The number of hydrogen-bond acceptors (Lipinski definition) is 3. The monoisotopic (exact) mass is 270 g/mol. The summed E-state index contributed by atoms with van der Waals surface area (Å²) in [5.41, 5.74) is 0.0298. The summed E-state index contributed by atoms with van der Waals surface area (Å²) in [6, 6.07) is 7.00. The lowest BCUT2D eigenvalue weighted by atomic mass is 10.3. The van der Waals surface area contributed by atoms with Crippen molar-refractivity contribution in [2.24, 2.45) is 0 Å². The molecule has 0 fully saturated rings. The second-order valence-corrected chi connectivity index (χ2v) is 3.98. The molecule has 4 nitrogen and oxygen atoms in total. The Kier molecular flexibility index (Phi) is 3.36. The van der Waals surface area contributed by atoms with Gasteiger partial charge in [-0.2, -0.15) is 9.78 Å². The van der Waals surface area contributed by atoms with Gasteiger partial charge in [-0.25, -0.2) is 0 Å². The lowest BCUT2D eigenvalue weighted by molar-refractivity contribution is 0.411. The predicted octanol–water partition coefficient (Wildman–Crippen LogP) is 2.55. The lowest BCUT2D eigenvalue weighted by Gasteiger charge is -2.09. The molecule has 1 aromatic carbocycles. The van der Waals surface area contributed by atoms with E-state index in [1.54, 1.807) is 24.3 Å². The van der Waals surface area contributed by atoms with Crippen LogP contribution >= 0.6 is 23.2 Å². The molecule has 0 aliphatic carbocycles. The normalized spacial score (nSPS) is 10.3. The minimum absolute atomic E-state index is 0.0624. The largest absolute Gasteiger partial charge is 0.494 e. The zero-order valence-electron chi connectivity index (χ0n) is 8.85. The quantitative estimate of drug-likeness (QED) is 0.843. The van der Waals surface area contributed by atoms with Crippen molar-refractivity contribution in [2.45, 2.75) is 0 Å². The van der Waals surface area contributed by atoms with Crippen LogP contribution in [0.1, 0.15) is 0 Å². The summed E-state index contributed by atoms with van der Waals surface area (Å²) in [4.78, 5) is 11.9. The summed E-state index contributed by atoms with van der Waals surface area (Å²) in [6.07, 6.45) is 1.32. The van der Waals surface area contributed by atoms with E-state index in [2.05, 4.69) is 5.10 Å². The van der Waals surface area contributed by atoms with E-state index >= 15 is 0 Å². The number of benzene rings is 1. The fraction of sp³-hybridized carbons (Fsp3) is 0.0909. The number of hydrogen-bond donors (Lipinski definition) is 0. The first kappa shape index (κ1) is 12.0. The Bertz CT molecular complexity index is 611. The van der Waals surface area contributed by atoms with Gasteiger partial charge in [0.15, 0.2) is 0 Å². The van der Waals surface area contributed by atoms with Crippen LogP contribution in [0.3, 0.4) is 0 Å². The molecule has 1 aromatic heterocycles. The van der Waals surface area contributed by atoms with Crippen molar-refractivity contribution in [3.05, 3.63) is 50.9 Å². The molecule has 0 unspecified atom stereocenters. The predicted molar refractivity (Wildman–Crippen MR) is 66.4 cm³/mol. The molecule has 0 aliphatic heterocycles. The Morgan fingerprint density at radius 3 is 2.71 bits per heavy atom. The van der Waals surface area contributed by atoms with Crippen LogP contribution in [0.25, 0.3) is 5.69 Å². The third kappa shape index (κ3) is 2.14. The highest BCUT2D eigenvalue weighted by molar-refractivity contribution is 6.41. The zero-order valence-corrected chi connectivity index (χ0v) is 10.4. The van der Waals surface area contributed by atoms with E-state index in [4.69, 9.17) is 27.9 Å². The minimum atomic E-state index is -0.483. The van der Waals surface area contributed by atoms with Gasteiger partial charge >= 0.3 is 0 Å². The Morgan fingerprint density at radius 2 is 2.00 bits per heavy atom. The fourth-order valence-corrected chi connectivity index (χ4v) is 1.64. The van der Waals surface area contributed by atoms with Crippen molar-refractivity contribution in [3.63, 3.8) is 0 Å². The number of ether oxygens (including phenoxy) is 1. The highest BCUT2D eigenvalue weighted by Crippen LogP contribution is 2.22. The average molecular weight is 271 g/mol. The van der Waals surface area contributed by atoms with Gasteiger partial charge in [0.25, 0.3) is 5.56 Å². The van der Waals surface area contributed by atoms with Gasteiger partial charge in [0.05, 0.1) is 18.3 Å². The van der Waals surface area contributed by atoms with Gasteiger partial charge in [0.1, 0.15) is 16.5 Å². The van der Waals surface area contributed by atoms with Gasteiger partial charge in [-0.15, -0.1) is 0 Å². The molecule has 0 spiro atoms. The van der Waals surface area contributed by atoms with Crippen molar-refractivity contribution >= 4 is 23.2 Å². The smallest absolute Gasteiger partial charge is 0.291 e. The summed E-state index contributed by atoms with van der Waals surface area (Å²) in [5, 5.41) is 3.99. The number of aromatic nitrogens is 2. The second kappa shape index (κ2) is 4.77. The lowest BCUT2D eigenvalue weighted by Crippen LogP contribution is -2.21. The van der Waals surface area contributed by atoms with Crippen LogP contribution in [0, 0.1) is 0 Å². The summed E-state index contributed by atoms with van der Waals surface area (Å²) < 4.78 is 6.29. The molecular weight excluding hydrogens is 263 g/mol. The molecule has 0 saturated carbocycles. The van der Waals surface area contributed by atoms with Crippen LogP contribution in [0.2, 0.25) is 10.0 Å². The molecule has 6 heteroatoms. The molecule has 2 aromatic rings. The van der Waals surface area contributed by atoms with E-state index in [0.29, 0.717) is 11.4 Å². The SMILES string of the molecule is COc1ccccc1-n1ncc(Cl)c(Cl)c1=O. The Balaban J connectivity index is 2.70. The van der Waals surface area contributed by atoms with Crippen molar-refractivity contribution in [3.8, 4) is 11.4 Å². The van der Waals surface area contributed by atoms with Crippen molar-refractivity contribution in [2.75, 3.05) is 7.11 Å². The molecule has 0 saturated heterocycles. The van der Waals surface area contributed by atoms with Crippen molar-refractivity contribution in [1.82, 2.24) is 9.78 Å². The minimum Gasteiger partial charge on any atom is -0.494 e. The van der Waals surface area contributed by atoms with Crippen LogP contribution in [0.4, 0.5) is 0 Å². The summed E-state index contributed by atoms with van der Waals surface area (Å²) in [7, 11) is 1.52. The molecule has 2 rings (SSSR count). The molecule has 0 N–H and O–H groups in total. The number of halogens is 2. The average Bonchev–Trinajstić information content (AvgIpc) is 2.36. The van der Waals surface area contributed by atoms with Gasteiger partial charge in [-0.3, -0.25) is 4.79 Å². The highest BCUT2D eigenvalue weighted by atomic mass is 35.5. The molecule has 0 bridgehead atoms. The van der Waals surface area contributed by atoms with Gasteiger partial charge in [-0.05, 0) is 12.1 Å². The van der Waals surface area contributed by atoms with Crippen LogP contribution in [0.5, 0.6) is 5.75 Å². The summed E-state index contributed by atoms with van der Waals surface area (Å²) in [6.45, 7) is 0. The maximum Gasteiger partial charge on any atom is 0.291 e. The topological polar surface area (TPSA) is 44.1 Å². The number of rotatable bonds is 2. The van der Waals surface area contributed by atoms with Gasteiger partial charge in [0.2, 0.25) is 0 Å². The van der Waals surface area contributed by atoms with E-state index in [0.717, 1.165) is 4.68 Å². The second-order valence-electron chi connectivity index (χ2n) is 3.20.